The summed E-state index contributed by atoms with van der Waals surface area (Å²) in [6.45, 7) is -0.0902. The van der Waals surface area contributed by atoms with Gasteiger partial charge in [0.15, 0.2) is 0 Å². The van der Waals surface area contributed by atoms with Gasteiger partial charge in [-0.15, -0.1) is 4.91 Å². The van der Waals surface area contributed by atoms with Crippen molar-refractivity contribution in [3.05, 3.63) is 59.1 Å². The fourth-order valence-electron chi connectivity index (χ4n) is 2.05. The number of imidazole rings is 1. The molecule has 0 saturated heterocycles. The lowest BCUT2D eigenvalue weighted by Gasteiger charge is -1.99. The van der Waals surface area contributed by atoms with Gasteiger partial charge in [0.1, 0.15) is 11.3 Å². The highest BCUT2D eigenvalue weighted by atomic mass is 16.3. The maximum Gasteiger partial charge on any atom is 0.209 e. The molecule has 3 aromatic rings. The van der Waals surface area contributed by atoms with Gasteiger partial charge in [-0.25, -0.2) is 4.98 Å². The van der Waals surface area contributed by atoms with Crippen molar-refractivity contribution in [1.82, 2.24) is 9.38 Å². The Morgan fingerprint density at radius 2 is 1.95 bits per heavy atom. The van der Waals surface area contributed by atoms with Gasteiger partial charge < -0.3 is 5.11 Å². The number of aliphatic hydroxyl groups excluding tert-OH is 1. The molecule has 0 unspecified atom stereocenters. The molecule has 0 atom stereocenters. The molecule has 1 aromatic carbocycles. The molecule has 0 bridgehead atoms. The zero-order valence-electron chi connectivity index (χ0n) is 10.0. The number of nitroso groups, excluding NO2 is 1. The number of hydrogen-bond acceptors (Lipinski definition) is 4. The smallest absolute Gasteiger partial charge is 0.209 e. The second-order valence-corrected chi connectivity index (χ2v) is 4.16. The van der Waals surface area contributed by atoms with Crippen LogP contribution in [0, 0.1) is 4.91 Å². The van der Waals surface area contributed by atoms with E-state index in [0.717, 1.165) is 5.56 Å². The van der Waals surface area contributed by atoms with Gasteiger partial charge in [0.05, 0.1) is 6.61 Å². The van der Waals surface area contributed by atoms with Crippen LogP contribution in [0.2, 0.25) is 0 Å². The van der Waals surface area contributed by atoms with E-state index in [1.807, 2.05) is 30.3 Å². The van der Waals surface area contributed by atoms with Gasteiger partial charge in [-0.3, -0.25) is 4.40 Å². The first-order chi connectivity index (χ1) is 9.33. The summed E-state index contributed by atoms with van der Waals surface area (Å²) < 4.78 is 1.60. The summed E-state index contributed by atoms with van der Waals surface area (Å²) in [5.74, 6) is 0.247. The third kappa shape index (κ3) is 1.90. The Labute approximate surface area is 109 Å². The average Bonchev–Trinajstić information content (AvgIpc) is 2.85. The molecule has 5 nitrogen and oxygen atoms in total. The van der Waals surface area contributed by atoms with Gasteiger partial charge in [-0.05, 0) is 16.8 Å². The molecule has 0 radical (unpaired) electrons. The zero-order valence-corrected chi connectivity index (χ0v) is 10.0. The Kier molecular flexibility index (Phi) is 2.81. The van der Waals surface area contributed by atoms with Crippen LogP contribution in [0.3, 0.4) is 0 Å². The molecule has 0 spiro atoms. The Bertz CT molecular complexity index is 735. The van der Waals surface area contributed by atoms with E-state index in [-0.39, 0.29) is 12.4 Å². The van der Waals surface area contributed by atoms with E-state index in [2.05, 4.69) is 10.2 Å². The van der Waals surface area contributed by atoms with Crippen LogP contribution in [-0.2, 0) is 6.61 Å². The van der Waals surface area contributed by atoms with Crippen molar-refractivity contribution < 1.29 is 5.11 Å². The monoisotopic (exact) mass is 253 g/mol. The van der Waals surface area contributed by atoms with Crippen molar-refractivity contribution in [2.75, 3.05) is 0 Å². The number of nitrogens with zero attached hydrogens (tertiary/aromatic N) is 3. The van der Waals surface area contributed by atoms with E-state index >= 15 is 0 Å². The van der Waals surface area contributed by atoms with Gasteiger partial charge in [-0.2, -0.15) is 0 Å². The predicted octanol–water partition coefficient (Wildman–Crippen LogP) is 2.89. The van der Waals surface area contributed by atoms with Crippen molar-refractivity contribution in [3.8, 4) is 11.3 Å². The van der Waals surface area contributed by atoms with Crippen molar-refractivity contribution >= 4 is 11.5 Å². The summed E-state index contributed by atoms with van der Waals surface area (Å²) in [7, 11) is 0. The summed E-state index contributed by atoms with van der Waals surface area (Å²) in [5, 5.41) is 12.2. The summed E-state index contributed by atoms with van der Waals surface area (Å²) in [4.78, 5) is 15.5. The lowest BCUT2D eigenvalue weighted by atomic mass is 10.1. The summed E-state index contributed by atoms with van der Waals surface area (Å²) in [5.41, 5.74) is 2.72. The van der Waals surface area contributed by atoms with Crippen LogP contribution in [0.4, 0.5) is 5.82 Å². The molecular formula is C14H11N3O2. The third-order valence-corrected chi connectivity index (χ3v) is 2.97. The van der Waals surface area contributed by atoms with Crippen LogP contribution in [0.5, 0.6) is 0 Å². The Morgan fingerprint density at radius 1 is 1.16 bits per heavy atom. The standard InChI is InChI=1S/C14H11N3O2/c18-9-10-6-7-12-15-13(11-4-2-1-3-5-11)14(16-19)17(12)8-10/h1-8,18H,9H2. The predicted molar refractivity (Wildman–Crippen MR) is 72.0 cm³/mol. The topological polar surface area (TPSA) is 67.0 Å². The Morgan fingerprint density at radius 3 is 2.63 bits per heavy atom. The van der Waals surface area contributed by atoms with E-state index < -0.39 is 0 Å². The maximum absolute atomic E-state index is 11.1. The van der Waals surface area contributed by atoms with E-state index in [1.54, 1.807) is 22.7 Å². The van der Waals surface area contributed by atoms with Gasteiger partial charge in [-0.1, -0.05) is 36.4 Å². The minimum absolute atomic E-state index is 0.0902. The first-order valence-electron chi connectivity index (χ1n) is 5.84. The quantitative estimate of drug-likeness (QED) is 0.730. The second kappa shape index (κ2) is 4.62. The van der Waals surface area contributed by atoms with E-state index in [9.17, 15) is 4.91 Å². The number of benzene rings is 1. The van der Waals surface area contributed by atoms with Crippen LogP contribution in [0.1, 0.15) is 5.56 Å². The molecule has 0 saturated carbocycles. The lowest BCUT2D eigenvalue weighted by Crippen LogP contribution is -1.89. The number of hydrogen-bond donors (Lipinski definition) is 1. The Balaban J connectivity index is 2.29. The molecule has 94 valence electrons. The molecular weight excluding hydrogens is 242 g/mol. The summed E-state index contributed by atoms with van der Waals surface area (Å²) in [6.07, 6.45) is 1.67. The van der Waals surface area contributed by atoms with Gasteiger partial charge in [0.25, 0.3) is 0 Å². The van der Waals surface area contributed by atoms with E-state index in [1.165, 1.54) is 0 Å². The lowest BCUT2D eigenvalue weighted by molar-refractivity contribution is 0.281. The highest BCUT2D eigenvalue weighted by Crippen LogP contribution is 2.30. The third-order valence-electron chi connectivity index (χ3n) is 2.97. The van der Waals surface area contributed by atoms with Crippen LogP contribution >= 0.6 is 0 Å². The van der Waals surface area contributed by atoms with Gasteiger partial charge in [0, 0.05) is 11.8 Å². The maximum atomic E-state index is 11.1. The van der Waals surface area contributed by atoms with Crippen molar-refractivity contribution in [2.24, 2.45) is 5.18 Å². The molecule has 0 amide bonds. The van der Waals surface area contributed by atoms with Crippen LogP contribution in [0.25, 0.3) is 16.9 Å². The Hall–Kier alpha value is -2.53. The van der Waals surface area contributed by atoms with Gasteiger partial charge >= 0.3 is 0 Å². The van der Waals surface area contributed by atoms with E-state index in [0.29, 0.717) is 16.9 Å². The molecule has 3 rings (SSSR count). The molecule has 0 aliphatic carbocycles. The first-order valence-corrected chi connectivity index (χ1v) is 5.84. The van der Waals surface area contributed by atoms with E-state index in [4.69, 9.17) is 5.11 Å². The summed E-state index contributed by atoms with van der Waals surface area (Å²) in [6, 6.07) is 12.9. The molecule has 5 heteroatoms. The second-order valence-electron chi connectivity index (χ2n) is 4.16. The van der Waals surface area contributed by atoms with Crippen molar-refractivity contribution in [3.63, 3.8) is 0 Å². The number of pyridine rings is 1. The fraction of sp³-hybridized carbons (Fsp3) is 0.0714. The number of aliphatic hydroxyl groups is 1. The molecule has 0 aliphatic rings. The largest absolute Gasteiger partial charge is 0.392 e. The highest BCUT2D eigenvalue weighted by Gasteiger charge is 2.14. The van der Waals surface area contributed by atoms with Crippen LogP contribution < -0.4 is 0 Å². The number of fused-ring (bicyclic) bond motifs is 1. The minimum atomic E-state index is -0.0902. The first kappa shape index (κ1) is 11.6. The van der Waals surface area contributed by atoms with Crippen molar-refractivity contribution in [2.45, 2.75) is 6.61 Å². The average molecular weight is 253 g/mol. The van der Waals surface area contributed by atoms with Crippen LogP contribution in [0.15, 0.2) is 53.8 Å². The number of aromatic nitrogens is 2. The number of rotatable bonds is 3. The normalized spacial score (nSPS) is 10.8. The van der Waals surface area contributed by atoms with Crippen LogP contribution in [-0.4, -0.2) is 14.5 Å². The molecule has 0 fully saturated rings. The van der Waals surface area contributed by atoms with Crippen molar-refractivity contribution in [1.29, 1.82) is 0 Å². The molecule has 1 N–H and O–H groups in total. The molecule has 2 aromatic heterocycles. The highest BCUT2D eigenvalue weighted by molar-refractivity contribution is 5.74. The molecule has 19 heavy (non-hydrogen) atoms. The van der Waals surface area contributed by atoms with Gasteiger partial charge in [0.2, 0.25) is 5.82 Å². The fourth-order valence-corrected chi connectivity index (χ4v) is 2.05. The molecule has 0 aliphatic heterocycles. The summed E-state index contributed by atoms with van der Waals surface area (Å²) >= 11 is 0. The molecule has 2 heterocycles. The SMILES string of the molecule is O=Nc1c(-c2ccccc2)nc2ccc(CO)cn12. The minimum Gasteiger partial charge on any atom is -0.392 e. The zero-order chi connectivity index (χ0) is 13.2.